The molecule has 0 aliphatic carbocycles. The summed E-state index contributed by atoms with van der Waals surface area (Å²) in [5, 5.41) is 13.7. The van der Waals surface area contributed by atoms with E-state index in [0.29, 0.717) is 13.0 Å². The van der Waals surface area contributed by atoms with Crippen LogP contribution in [-0.4, -0.2) is 24.5 Å². The first-order valence-corrected chi connectivity index (χ1v) is 6.14. The van der Waals surface area contributed by atoms with E-state index in [-0.39, 0.29) is 11.7 Å². The number of carbonyl (C=O) groups is 1. The number of hydrogen-bond acceptors (Lipinski definition) is 5. The molecule has 1 aromatic rings. The third-order valence-corrected chi connectivity index (χ3v) is 2.69. The van der Waals surface area contributed by atoms with Crippen molar-refractivity contribution in [2.45, 2.75) is 25.8 Å². The fourth-order valence-electron chi connectivity index (χ4n) is 1.59. The Labute approximate surface area is 111 Å². The molecule has 6 nitrogen and oxygen atoms in total. The van der Waals surface area contributed by atoms with E-state index >= 15 is 0 Å². The summed E-state index contributed by atoms with van der Waals surface area (Å²) < 4.78 is 4.54. The lowest BCUT2D eigenvalue weighted by atomic mass is 10.2. The Morgan fingerprint density at radius 3 is 2.58 bits per heavy atom. The molecule has 19 heavy (non-hydrogen) atoms. The van der Waals surface area contributed by atoms with Crippen molar-refractivity contribution in [3.8, 4) is 0 Å². The molecule has 1 rings (SSSR count). The number of carbonyl (C=O) groups excluding carboxylic acids is 1. The number of nitrogens with one attached hydrogen (secondary N) is 1. The van der Waals surface area contributed by atoms with Gasteiger partial charge in [-0.3, -0.25) is 14.9 Å². The molecule has 0 aliphatic rings. The topological polar surface area (TPSA) is 81.5 Å². The van der Waals surface area contributed by atoms with E-state index in [9.17, 15) is 14.9 Å². The van der Waals surface area contributed by atoms with Gasteiger partial charge in [-0.25, -0.2) is 0 Å². The lowest BCUT2D eigenvalue weighted by Gasteiger charge is -2.04. The maximum absolute atomic E-state index is 10.9. The Morgan fingerprint density at radius 1 is 1.32 bits per heavy atom. The summed E-state index contributed by atoms with van der Waals surface area (Å²) in [4.78, 5) is 20.9. The smallest absolute Gasteiger partial charge is 0.305 e. The van der Waals surface area contributed by atoms with E-state index in [1.165, 1.54) is 19.2 Å². The summed E-state index contributed by atoms with van der Waals surface area (Å²) in [5.74, 6) is -0.185. The number of unbranched alkanes of at least 4 members (excludes halogenated alkanes) is 1. The number of methoxy groups -OCH3 is 1. The highest BCUT2D eigenvalue weighted by Crippen LogP contribution is 2.11. The van der Waals surface area contributed by atoms with Gasteiger partial charge < -0.3 is 10.1 Å². The van der Waals surface area contributed by atoms with Gasteiger partial charge >= 0.3 is 5.97 Å². The molecule has 0 aliphatic heterocycles. The monoisotopic (exact) mass is 266 g/mol. The van der Waals surface area contributed by atoms with Crippen LogP contribution in [0.5, 0.6) is 0 Å². The number of benzene rings is 1. The van der Waals surface area contributed by atoms with Crippen molar-refractivity contribution >= 4 is 11.7 Å². The summed E-state index contributed by atoms with van der Waals surface area (Å²) in [6.45, 7) is 1.46. The molecule has 1 aromatic carbocycles. The number of non-ortho nitro benzene ring substituents is 1. The molecule has 0 amide bonds. The predicted octanol–water partition coefficient (Wildman–Crippen LogP) is 2.03. The second-order valence-corrected chi connectivity index (χ2v) is 4.13. The number of esters is 1. The first-order chi connectivity index (χ1) is 9.13. The van der Waals surface area contributed by atoms with Gasteiger partial charge in [-0.1, -0.05) is 12.1 Å². The van der Waals surface area contributed by atoms with E-state index < -0.39 is 4.92 Å². The van der Waals surface area contributed by atoms with Gasteiger partial charge in [0.05, 0.1) is 12.0 Å². The van der Waals surface area contributed by atoms with Gasteiger partial charge in [0.25, 0.3) is 5.69 Å². The van der Waals surface area contributed by atoms with Crippen LogP contribution in [0.4, 0.5) is 5.69 Å². The Morgan fingerprint density at radius 2 is 2.00 bits per heavy atom. The number of nitro groups is 1. The highest BCUT2D eigenvalue weighted by Gasteiger charge is 2.03. The molecule has 0 radical (unpaired) electrons. The van der Waals surface area contributed by atoms with Crippen molar-refractivity contribution in [3.63, 3.8) is 0 Å². The van der Waals surface area contributed by atoms with Crippen molar-refractivity contribution in [1.82, 2.24) is 5.32 Å². The van der Waals surface area contributed by atoms with Gasteiger partial charge in [0, 0.05) is 25.1 Å². The normalized spacial score (nSPS) is 10.2. The van der Waals surface area contributed by atoms with Crippen molar-refractivity contribution in [2.75, 3.05) is 13.7 Å². The zero-order chi connectivity index (χ0) is 14.1. The molecular formula is C13H18N2O4. The van der Waals surface area contributed by atoms with Gasteiger partial charge in [0.1, 0.15) is 0 Å². The molecule has 1 N–H and O–H groups in total. The van der Waals surface area contributed by atoms with E-state index in [1.54, 1.807) is 12.1 Å². The zero-order valence-electron chi connectivity index (χ0n) is 10.9. The second-order valence-electron chi connectivity index (χ2n) is 4.13. The van der Waals surface area contributed by atoms with Crippen molar-refractivity contribution in [2.24, 2.45) is 0 Å². The quantitative estimate of drug-likeness (QED) is 0.337. The lowest BCUT2D eigenvalue weighted by Crippen LogP contribution is -2.15. The highest BCUT2D eigenvalue weighted by molar-refractivity contribution is 5.68. The molecule has 104 valence electrons. The van der Waals surface area contributed by atoms with E-state index in [0.717, 1.165) is 24.9 Å². The third-order valence-electron chi connectivity index (χ3n) is 2.69. The van der Waals surface area contributed by atoms with Crippen LogP contribution in [0, 0.1) is 10.1 Å². The van der Waals surface area contributed by atoms with Gasteiger partial charge in [-0.15, -0.1) is 0 Å². The Balaban J connectivity index is 2.15. The van der Waals surface area contributed by atoms with Gasteiger partial charge in [-0.2, -0.15) is 0 Å². The van der Waals surface area contributed by atoms with Gasteiger partial charge in [-0.05, 0) is 24.9 Å². The van der Waals surface area contributed by atoms with Crippen LogP contribution in [0.1, 0.15) is 24.8 Å². The Kier molecular flexibility index (Phi) is 6.52. The SMILES string of the molecule is COC(=O)CCCCNCc1ccc([N+](=O)[O-])cc1. The average molecular weight is 266 g/mol. The fraction of sp³-hybridized carbons (Fsp3) is 0.462. The van der Waals surface area contributed by atoms with Crippen LogP contribution in [0.25, 0.3) is 0 Å². The summed E-state index contributed by atoms with van der Waals surface area (Å²) >= 11 is 0. The van der Waals surface area contributed by atoms with Gasteiger partial charge in [0.2, 0.25) is 0 Å². The molecule has 0 fully saturated rings. The molecule has 0 spiro atoms. The minimum absolute atomic E-state index is 0.0989. The molecule has 0 aromatic heterocycles. The average Bonchev–Trinajstić information content (AvgIpc) is 2.42. The zero-order valence-corrected chi connectivity index (χ0v) is 10.9. The third kappa shape index (κ3) is 5.96. The van der Waals surface area contributed by atoms with Crippen LogP contribution in [0.15, 0.2) is 24.3 Å². The van der Waals surface area contributed by atoms with E-state index in [1.807, 2.05) is 0 Å². The fourth-order valence-corrected chi connectivity index (χ4v) is 1.59. The first kappa shape index (κ1) is 15.1. The summed E-state index contributed by atoms with van der Waals surface area (Å²) in [5.41, 5.74) is 1.10. The molecule has 6 heteroatoms. The standard InChI is InChI=1S/C13H18N2O4/c1-19-13(16)4-2-3-9-14-10-11-5-7-12(8-6-11)15(17)18/h5-8,14H,2-4,9-10H2,1H3. The Hall–Kier alpha value is -1.95. The molecule has 0 heterocycles. The molecule has 0 bridgehead atoms. The van der Waals surface area contributed by atoms with Crippen LogP contribution in [0.2, 0.25) is 0 Å². The first-order valence-electron chi connectivity index (χ1n) is 6.14. The lowest BCUT2D eigenvalue weighted by molar-refractivity contribution is -0.384. The van der Waals surface area contributed by atoms with Crippen LogP contribution < -0.4 is 5.32 Å². The maximum atomic E-state index is 10.9. The Bertz CT molecular complexity index is 417. The van der Waals surface area contributed by atoms with Gasteiger partial charge in [0.15, 0.2) is 0 Å². The number of nitrogens with zero attached hydrogens (tertiary/aromatic N) is 1. The number of hydrogen-bond donors (Lipinski definition) is 1. The molecular weight excluding hydrogens is 248 g/mol. The second kappa shape index (κ2) is 8.20. The largest absolute Gasteiger partial charge is 0.469 e. The molecule has 0 saturated heterocycles. The minimum atomic E-state index is -0.413. The van der Waals surface area contributed by atoms with Crippen molar-refractivity contribution < 1.29 is 14.5 Å². The summed E-state index contributed by atoms with van der Waals surface area (Å²) in [7, 11) is 1.38. The highest BCUT2D eigenvalue weighted by atomic mass is 16.6. The molecule has 0 unspecified atom stereocenters. The minimum Gasteiger partial charge on any atom is -0.469 e. The van der Waals surface area contributed by atoms with E-state index in [4.69, 9.17) is 0 Å². The summed E-state index contributed by atoms with van der Waals surface area (Å²) in [6.07, 6.45) is 2.12. The molecule has 0 saturated carbocycles. The molecule has 0 atom stereocenters. The van der Waals surface area contributed by atoms with Crippen LogP contribution in [0.3, 0.4) is 0 Å². The number of ether oxygens (including phenoxy) is 1. The summed E-state index contributed by atoms with van der Waals surface area (Å²) in [6, 6.07) is 6.46. The van der Waals surface area contributed by atoms with Crippen molar-refractivity contribution in [1.29, 1.82) is 0 Å². The van der Waals surface area contributed by atoms with Crippen LogP contribution >= 0.6 is 0 Å². The number of nitro benzene ring substituents is 1. The van der Waals surface area contributed by atoms with Crippen molar-refractivity contribution in [3.05, 3.63) is 39.9 Å². The maximum Gasteiger partial charge on any atom is 0.305 e. The predicted molar refractivity (Wildman–Crippen MR) is 70.7 cm³/mol. The van der Waals surface area contributed by atoms with Crippen LogP contribution in [-0.2, 0) is 16.1 Å². The van der Waals surface area contributed by atoms with E-state index in [2.05, 4.69) is 10.1 Å². The number of rotatable bonds is 8.